The van der Waals surface area contributed by atoms with Crippen molar-refractivity contribution >= 4 is 11.5 Å². The van der Waals surface area contributed by atoms with E-state index in [1.807, 2.05) is 54.3 Å². The second-order valence-corrected chi connectivity index (χ2v) is 7.25. The molecule has 3 rings (SSSR count). The minimum absolute atomic E-state index is 0.0273. The van der Waals surface area contributed by atoms with Crippen LogP contribution in [0.5, 0.6) is 23.0 Å². The monoisotopic (exact) mass is 411 g/mol. The molecule has 6 nitrogen and oxygen atoms in total. The summed E-state index contributed by atoms with van der Waals surface area (Å²) in [7, 11) is 4.86. The molecule has 0 fully saturated rings. The van der Waals surface area contributed by atoms with Gasteiger partial charge in [-0.2, -0.15) is 0 Å². The Morgan fingerprint density at radius 3 is 2.23 bits per heavy atom. The van der Waals surface area contributed by atoms with Crippen molar-refractivity contribution in [2.75, 3.05) is 34.4 Å². The lowest BCUT2D eigenvalue weighted by Crippen LogP contribution is -2.42. The third-order valence-electron chi connectivity index (χ3n) is 5.21. The predicted octanol–water partition coefficient (Wildman–Crippen LogP) is 4.10. The van der Waals surface area contributed by atoms with E-state index in [4.69, 9.17) is 18.9 Å². The van der Waals surface area contributed by atoms with Crippen molar-refractivity contribution in [1.82, 2.24) is 4.90 Å². The van der Waals surface area contributed by atoms with Gasteiger partial charge in [-0.05, 0) is 43.5 Å². The molecule has 0 N–H and O–H groups in total. The van der Waals surface area contributed by atoms with Gasteiger partial charge in [0, 0.05) is 25.2 Å². The van der Waals surface area contributed by atoms with Gasteiger partial charge in [-0.3, -0.25) is 4.79 Å². The first kappa shape index (κ1) is 21.6. The molecule has 1 aliphatic heterocycles. The molecule has 1 atom stereocenters. The van der Waals surface area contributed by atoms with Crippen LogP contribution < -0.4 is 18.9 Å². The topological polar surface area (TPSA) is 57.2 Å². The van der Waals surface area contributed by atoms with E-state index >= 15 is 0 Å². The Bertz CT molecular complexity index is 912. The number of hydrogen-bond donors (Lipinski definition) is 0. The van der Waals surface area contributed by atoms with Crippen molar-refractivity contribution in [3.05, 3.63) is 53.6 Å². The van der Waals surface area contributed by atoms with Crippen molar-refractivity contribution in [1.29, 1.82) is 0 Å². The molecule has 2 aromatic rings. The summed E-state index contributed by atoms with van der Waals surface area (Å²) in [4.78, 5) is 14.7. The summed E-state index contributed by atoms with van der Waals surface area (Å²) in [6.45, 7) is 4.90. The number of amides is 1. The van der Waals surface area contributed by atoms with Crippen molar-refractivity contribution in [3.63, 3.8) is 0 Å². The Balaban J connectivity index is 1.74. The first-order chi connectivity index (χ1) is 14.5. The van der Waals surface area contributed by atoms with Gasteiger partial charge >= 0.3 is 0 Å². The fourth-order valence-corrected chi connectivity index (χ4v) is 3.62. The van der Waals surface area contributed by atoms with E-state index in [9.17, 15) is 4.79 Å². The SMILES string of the molecule is COc1cc(OC)c(C2=CCN(C(=O)C(C)Oc3cccc(C)c3)CC2)c(OC)c1. The molecule has 0 aliphatic carbocycles. The molecule has 1 heterocycles. The van der Waals surface area contributed by atoms with Crippen molar-refractivity contribution in [2.24, 2.45) is 0 Å². The molecule has 1 unspecified atom stereocenters. The fourth-order valence-electron chi connectivity index (χ4n) is 3.62. The molecule has 2 aromatic carbocycles. The summed E-state index contributed by atoms with van der Waals surface area (Å²) in [5, 5.41) is 0. The highest BCUT2D eigenvalue weighted by Crippen LogP contribution is 2.40. The lowest BCUT2D eigenvalue weighted by Gasteiger charge is -2.30. The van der Waals surface area contributed by atoms with Crippen molar-refractivity contribution < 1.29 is 23.7 Å². The molecule has 0 saturated heterocycles. The molecule has 0 spiro atoms. The molecule has 1 amide bonds. The average Bonchev–Trinajstić information content (AvgIpc) is 2.77. The summed E-state index contributed by atoms with van der Waals surface area (Å²) >= 11 is 0. The third-order valence-corrected chi connectivity index (χ3v) is 5.21. The molecule has 0 bridgehead atoms. The number of benzene rings is 2. The summed E-state index contributed by atoms with van der Waals surface area (Å²) in [6, 6.07) is 11.4. The van der Waals surface area contributed by atoms with Crippen LogP contribution in [0.25, 0.3) is 5.57 Å². The van der Waals surface area contributed by atoms with Gasteiger partial charge in [0.05, 0.1) is 26.9 Å². The van der Waals surface area contributed by atoms with E-state index in [0.717, 1.165) is 16.7 Å². The molecule has 0 saturated carbocycles. The second kappa shape index (κ2) is 9.57. The van der Waals surface area contributed by atoms with Gasteiger partial charge in [0.1, 0.15) is 23.0 Å². The Morgan fingerprint density at radius 1 is 1.00 bits per heavy atom. The number of carbonyl (C=O) groups excluding carboxylic acids is 1. The smallest absolute Gasteiger partial charge is 0.263 e. The van der Waals surface area contributed by atoms with Gasteiger partial charge in [-0.15, -0.1) is 0 Å². The summed E-state index contributed by atoms with van der Waals surface area (Å²) in [5.74, 6) is 2.72. The van der Waals surface area contributed by atoms with Crippen LogP contribution in [0.3, 0.4) is 0 Å². The van der Waals surface area contributed by atoms with Gasteiger partial charge in [-0.1, -0.05) is 18.2 Å². The fraction of sp³-hybridized carbons (Fsp3) is 0.375. The van der Waals surface area contributed by atoms with E-state index < -0.39 is 6.10 Å². The van der Waals surface area contributed by atoms with E-state index in [2.05, 4.69) is 0 Å². The molecule has 0 aromatic heterocycles. The van der Waals surface area contributed by atoms with Crippen LogP contribution in [0.4, 0.5) is 0 Å². The Hall–Kier alpha value is -3.15. The van der Waals surface area contributed by atoms with Gasteiger partial charge in [0.25, 0.3) is 5.91 Å². The van der Waals surface area contributed by atoms with E-state index in [1.165, 1.54) is 0 Å². The summed E-state index contributed by atoms with van der Waals surface area (Å²) in [5.41, 5.74) is 3.08. The standard InChI is InChI=1S/C24H29NO5/c1-16-7-6-8-19(13-16)30-17(2)24(26)25-11-9-18(10-12-25)23-21(28-4)14-20(27-3)15-22(23)29-5/h6-9,13-15,17H,10-12H2,1-5H3. The molecule has 0 radical (unpaired) electrons. The largest absolute Gasteiger partial charge is 0.496 e. The zero-order chi connectivity index (χ0) is 21.7. The Kier molecular flexibility index (Phi) is 6.87. The summed E-state index contributed by atoms with van der Waals surface area (Å²) in [6.07, 6.45) is 2.20. The summed E-state index contributed by atoms with van der Waals surface area (Å²) < 4.78 is 22.3. The number of methoxy groups -OCH3 is 3. The van der Waals surface area contributed by atoms with Crippen LogP contribution in [0, 0.1) is 6.92 Å². The Morgan fingerprint density at radius 2 is 1.70 bits per heavy atom. The maximum absolute atomic E-state index is 12.9. The maximum Gasteiger partial charge on any atom is 0.263 e. The molecular formula is C24H29NO5. The van der Waals surface area contributed by atoms with Crippen LogP contribution >= 0.6 is 0 Å². The lowest BCUT2D eigenvalue weighted by atomic mass is 9.97. The van der Waals surface area contributed by atoms with E-state index in [-0.39, 0.29) is 5.91 Å². The third kappa shape index (κ3) is 4.70. The number of aryl methyl sites for hydroxylation is 1. The van der Waals surface area contributed by atoms with Gasteiger partial charge in [-0.25, -0.2) is 0 Å². The van der Waals surface area contributed by atoms with Crippen LogP contribution in [0.15, 0.2) is 42.5 Å². The molecule has 1 aliphatic rings. The maximum atomic E-state index is 12.9. The van der Waals surface area contributed by atoms with Crippen LogP contribution in [0.2, 0.25) is 0 Å². The number of ether oxygens (including phenoxy) is 4. The predicted molar refractivity (Wildman–Crippen MR) is 117 cm³/mol. The van der Waals surface area contributed by atoms with Crippen LogP contribution in [-0.2, 0) is 4.79 Å². The lowest BCUT2D eigenvalue weighted by molar-refractivity contribution is -0.137. The highest BCUT2D eigenvalue weighted by Gasteiger charge is 2.26. The van der Waals surface area contributed by atoms with Gasteiger partial charge in [0.2, 0.25) is 0 Å². The first-order valence-electron chi connectivity index (χ1n) is 9.98. The molecule has 30 heavy (non-hydrogen) atoms. The first-order valence-corrected chi connectivity index (χ1v) is 9.98. The average molecular weight is 411 g/mol. The van der Waals surface area contributed by atoms with Crippen molar-refractivity contribution in [2.45, 2.75) is 26.4 Å². The highest BCUT2D eigenvalue weighted by molar-refractivity contribution is 5.83. The van der Waals surface area contributed by atoms with Crippen LogP contribution in [0.1, 0.15) is 24.5 Å². The number of hydrogen-bond acceptors (Lipinski definition) is 5. The van der Waals surface area contributed by atoms with Gasteiger partial charge < -0.3 is 23.8 Å². The Labute approximate surface area is 178 Å². The minimum atomic E-state index is -0.549. The molecule has 6 heteroatoms. The van der Waals surface area contributed by atoms with E-state index in [1.54, 1.807) is 28.3 Å². The second-order valence-electron chi connectivity index (χ2n) is 7.25. The normalized spacial score (nSPS) is 14.6. The van der Waals surface area contributed by atoms with Crippen molar-refractivity contribution in [3.8, 4) is 23.0 Å². The van der Waals surface area contributed by atoms with Gasteiger partial charge in [0.15, 0.2) is 6.10 Å². The minimum Gasteiger partial charge on any atom is -0.496 e. The quantitative estimate of drug-likeness (QED) is 0.686. The molecular weight excluding hydrogens is 382 g/mol. The zero-order valence-corrected chi connectivity index (χ0v) is 18.2. The number of carbonyl (C=O) groups is 1. The molecule has 160 valence electrons. The van der Waals surface area contributed by atoms with E-state index in [0.29, 0.717) is 42.5 Å². The van der Waals surface area contributed by atoms with Crippen LogP contribution in [-0.4, -0.2) is 51.3 Å². The number of nitrogens with zero attached hydrogens (tertiary/aromatic N) is 1. The zero-order valence-electron chi connectivity index (χ0n) is 18.2. The number of rotatable bonds is 7. The highest BCUT2D eigenvalue weighted by atomic mass is 16.5.